The van der Waals surface area contributed by atoms with Gasteiger partial charge < -0.3 is 10.1 Å². The van der Waals surface area contributed by atoms with Gasteiger partial charge in [0.25, 0.3) is 0 Å². The number of hydrogen-bond acceptors (Lipinski definition) is 5. The largest absolute Gasteiger partial charge is 0.477 e. The van der Waals surface area contributed by atoms with Crippen LogP contribution in [0, 0.1) is 11.7 Å². The zero-order valence-electron chi connectivity index (χ0n) is 17.9. The zero-order chi connectivity index (χ0) is 24.4. The van der Waals surface area contributed by atoms with E-state index in [2.05, 4.69) is 15.0 Å². The molecular formula is C21H23F4N3O4S. The normalized spacial score (nSPS) is 15.1. The fourth-order valence-corrected chi connectivity index (χ4v) is 3.63. The molecule has 2 N–H and O–H groups in total. The standard InChI is InChI=1S/C21H23F4N3O4S/c1-12(15-4-3-5-16(22)18(15)28-33(2,30)31)19(29)26-10-14-8-9-17(21(23,24)25)27-20(14)32-11-13-6-7-13/h3-5,8-9,12-13,28H,6-7,10-11H2,1-2H3,(H,26,29). The summed E-state index contributed by atoms with van der Waals surface area (Å²) in [5.74, 6) is -2.35. The van der Waals surface area contributed by atoms with Gasteiger partial charge in [-0.1, -0.05) is 12.1 Å². The molecule has 0 aliphatic heterocycles. The van der Waals surface area contributed by atoms with E-state index in [-0.39, 0.29) is 41.8 Å². The molecule has 1 unspecified atom stereocenters. The maximum absolute atomic E-state index is 14.2. The van der Waals surface area contributed by atoms with Gasteiger partial charge in [-0.25, -0.2) is 17.8 Å². The van der Waals surface area contributed by atoms with Gasteiger partial charge in [-0.05, 0) is 49.4 Å². The molecule has 1 saturated carbocycles. The number of hydrogen-bond donors (Lipinski definition) is 2. The van der Waals surface area contributed by atoms with E-state index >= 15 is 0 Å². The topological polar surface area (TPSA) is 97.4 Å². The van der Waals surface area contributed by atoms with Crippen LogP contribution >= 0.6 is 0 Å². The zero-order valence-corrected chi connectivity index (χ0v) is 18.7. The number of nitrogens with one attached hydrogen (secondary N) is 2. The molecule has 0 radical (unpaired) electrons. The first-order chi connectivity index (χ1) is 15.3. The van der Waals surface area contributed by atoms with Gasteiger partial charge in [-0.3, -0.25) is 9.52 Å². The van der Waals surface area contributed by atoms with Gasteiger partial charge in [0.1, 0.15) is 11.5 Å². The van der Waals surface area contributed by atoms with E-state index in [1.54, 1.807) is 0 Å². The maximum Gasteiger partial charge on any atom is 0.433 e. The number of amides is 1. The number of anilines is 1. The smallest absolute Gasteiger partial charge is 0.433 e. The summed E-state index contributed by atoms with van der Waals surface area (Å²) in [4.78, 5) is 16.3. The Bertz CT molecular complexity index is 1130. The average Bonchev–Trinajstić information content (AvgIpc) is 3.54. The number of carbonyl (C=O) groups excluding carboxylic acids is 1. The van der Waals surface area contributed by atoms with Crippen LogP contribution in [0.5, 0.6) is 5.88 Å². The molecule has 0 spiro atoms. The van der Waals surface area contributed by atoms with E-state index in [0.29, 0.717) is 0 Å². The molecular weight excluding hydrogens is 466 g/mol. The van der Waals surface area contributed by atoms with Gasteiger partial charge >= 0.3 is 6.18 Å². The second-order valence-electron chi connectivity index (χ2n) is 7.93. The third-order valence-electron chi connectivity index (χ3n) is 5.03. The summed E-state index contributed by atoms with van der Waals surface area (Å²) in [5.41, 5.74) is -1.09. The van der Waals surface area contributed by atoms with Crippen LogP contribution in [0.1, 0.15) is 42.5 Å². The Morgan fingerprint density at radius 3 is 2.55 bits per heavy atom. The molecule has 1 heterocycles. The van der Waals surface area contributed by atoms with Crippen molar-refractivity contribution in [3.05, 3.63) is 53.0 Å². The predicted molar refractivity (Wildman–Crippen MR) is 113 cm³/mol. The lowest BCUT2D eigenvalue weighted by molar-refractivity contribution is -0.141. The number of aromatic nitrogens is 1. The lowest BCUT2D eigenvalue weighted by Gasteiger charge is -2.18. The van der Waals surface area contributed by atoms with Gasteiger partial charge in [-0.2, -0.15) is 13.2 Å². The first kappa shape index (κ1) is 24.7. The van der Waals surface area contributed by atoms with Crippen molar-refractivity contribution < 1.29 is 35.5 Å². The molecule has 1 aliphatic carbocycles. The molecule has 1 fully saturated rings. The highest BCUT2D eigenvalue weighted by Gasteiger charge is 2.34. The van der Waals surface area contributed by atoms with Gasteiger partial charge in [-0.15, -0.1) is 0 Å². The Kier molecular flexibility index (Phi) is 7.15. The second kappa shape index (κ2) is 9.54. The molecule has 12 heteroatoms. The van der Waals surface area contributed by atoms with Gasteiger partial charge in [0.2, 0.25) is 21.8 Å². The number of rotatable bonds is 9. The third-order valence-corrected chi connectivity index (χ3v) is 5.60. The first-order valence-corrected chi connectivity index (χ1v) is 12.0. The Balaban J connectivity index is 1.77. The van der Waals surface area contributed by atoms with E-state index in [1.807, 2.05) is 0 Å². The van der Waals surface area contributed by atoms with Crippen molar-refractivity contribution in [3.63, 3.8) is 0 Å². The van der Waals surface area contributed by atoms with Crippen LogP contribution in [0.2, 0.25) is 0 Å². The van der Waals surface area contributed by atoms with Gasteiger partial charge in [0.05, 0.1) is 24.5 Å². The van der Waals surface area contributed by atoms with E-state index in [1.165, 1.54) is 25.1 Å². The van der Waals surface area contributed by atoms with Crippen LogP contribution in [-0.2, 0) is 27.5 Å². The number of ether oxygens (including phenoxy) is 1. The molecule has 2 aromatic rings. The first-order valence-electron chi connectivity index (χ1n) is 10.1. The highest BCUT2D eigenvalue weighted by Crippen LogP contribution is 2.33. The van der Waals surface area contributed by atoms with Crippen molar-refractivity contribution in [2.75, 3.05) is 17.6 Å². The molecule has 0 saturated heterocycles. The predicted octanol–water partition coefficient (Wildman–Crippen LogP) is 3.82. The van der Waals surface area contributed by atoms with Crippen LogP contribution in [-0.4, -0.2) is 32.2 Å². The maximum atomic E-state index is 14.2. The highest BCUT2D eigenvalue weighted by molar-refractivity contribution is 7.92. The molecule has 180 valence electrons. The minimum absolute atomic E-state index is 0.105. The van der Waals surface area contributed by atoms with E-state index in [0.717, 1.165) is 31.2 Å². The van der Waals surface area contributed by atoms with Crippen molar-refractivity contribution in [1.29, 1.82) is 0 Å². The molecule has 33 heavy (non-hydrogen) atoms. The van der Waals surface area contributed by atoms with E-state index < -0.39 is 39.5 Å². The number of para-hydroxylation sites is 1. The van der Waals surface area contributed by atoms with Crippen LogP contribution in [0.4, 0.5) is 23.2 Å². The van der Waals surface area contributed by atoms with Crippen molar-refractivity contribution >= 4 is 21.6 Å². The van der Waals surface area contributed by atoms with Crippen molar-refractivity contribution in [1.82, 2.24) is 10.3 Å². The molecule has 1 amide bonds. The Morgan fingerprint density at radius 2 is 1.94 bits per heavy atom. The molecule has 3 rings (SSSR count). The number of alkyl halides is 3. The summed E-state index contributed by atoms with van der Waals surface area (Å²) in [6, 6.07) is 5.78. The Hall–Kier alpha value is -2.89. The summed E-state index contributed by atoms with van der Waals surface area (Å²) < 4.78 is 84.0. The SMILES string of the molecule is CC(C(=O)NCc1ccc(C(F)(F)F)nc1OCC1CC1)c1cccc(F)c1NS(C)(=O)=O. The number of sulfonamides is 1. The molecule has 7 nitrogen and oxygen atoms in total. The molecule has 1 atom stereocenters. The lowest BCUT2D eigenvalue weighted by Crippen LogP contribution is -2.29. The van der Waals surface area contributed by atoms with Crippen LogP contribution in [0.25, 0.3) is 0 Å². The van der Waals surface area contributed by atoms with Crippen molar-refractivity contribution in [2.24, 2.45) is 5.92 Å². The lowest BCUT2D eigenvalue weighted by atomic mass is 9.98. The summed E-state index contributed by atoms with van der Waals surface area (Å²) in [6.07, 6.45) is -1.93. The van der Waals surface area contributed by atoms with Crippen molar-refractivity contribution in [2.45, 2.75) is 38.4 Å². The van der Waals surface area contributed by atoms with E-state index in [9.17, 15) is 30.8 Å². The van der Waals surface area contributed by atoms with E-state index in [4.69, 9.17) is 4.74 Å². The number of nitrogens with zero attached hydrogens (tertiary/aromatic N) is 1. The summed E-state index contributed by atoms with van der Waals surface area (Å²) in [7, 11) is -3.81. The summed E-state index contributed by atoms with van der Waals surface area (Å²) in [5, 5.41) is 2.57. The Morgan fingerprint density at radius 1 is 1.24 bits per heavy atom. The number of benzene rings is 1. The van der Waals surface area contributed by atoms with Crippen LogP contribution in [0.15, 0.2) is 30.3 Å². The number of carbonyl (C=O) groups is 1. The number of halogens is 4. The molecule has 1 aromatic carbocycles. The number of pyridine rings is 1. The average molecular weight is 489 g/mol. The summed E-state index contributed by atoms with van der Waals surface area (Å²) in [6.45, 7) is 1.50. The van der Waals surface area contributed by atoms with Crippen molar-refractivity contribution in [3.8, 4) is 5.88 Å². The summed E-state index contributed by atoms with van der Waals surface area (Å²) >= 11 is 0. The monoisotopic (exact) mass is 489 g/mol. The van der Waals surface area contributed by atoms with Crippen LogP contribution < -0.4 is 14.8 Å². The Labute approximate surface area is 188 Å². The van der Waals surface area contributed by atoms with Gasteiger partial charge in [0.15, 0.2) is 0 Å². The minimum atomic E-state index is -4.64. The molecule has 0 bridgehead atoms. The fourth-order valence-electron chi connectivity index (χ4n) is 3.04. The fraction of sp³-hybridized carbons (Fsp3) is 0.429. The highest BCUT2D eigenvalue weighted by atomic mass is 32.2. The van der Waals surface area contributed by atoms with Crippen LogP contribution in [0.3, 0.4) is 0 Å². The molecule has 1 aromatic heterocycles. The van der Waals surface area contributed by atoms with Gasteiger partial charge in [0, 0.05) is 12.1 Å². The molecule has 1 aliphatic rings. The second-order valence-corrected chi connectivity index (χ2v) is 9.68. The minimum Gasteiger partial charge on any atom is -0.477 e. The quantitative estimate of drug-likeness (QED) is 0.522. The third kappa shape index (κ3) is 6.80.